The fourth-order valence-electron chi connectivity index (χ4n) is 1.70. The van der Waals surface area contributed by atoms with Crippen LogP contribution in [-0.2, 0) is 0 Å². The Bertz CT molecular complexity index is 673. The van der Waals surface area contributed by atoms with E-state index in [1.165, 1.54) is 18.3 Å². The molecule has 1 atom stereocenters. The Morgan fingerprint density at radius 3 is 2.62 bits per heavy atom. The van der Waals surface area contributed by atoms with Gasteiger partial charge in [0.05, 0.1) is 0 Å². The van der Waals surface area contributed by atoms with Gasteiger partial charge in [0.15, 0.2) is 6.10 Å². The first-order valence-electron chi connectivity index (χ1n) is 6.05. The Balaban J connectivity index is 2.18. The molecule has 0 amide bonds. The van der Waals surface area contributed by atoms with Gasteiger partial charge in [-0.25, -0.2) is 0 Å². The van der Waals surface area contributed by atoms with Crippen LogP contribution in [0.3, 0.4) is 0 Å². The number of rotatable bonds is 5. The molecule has 108 valence electrons. The maximum absolute atomic E-state index is 12.2. The Morgan fingerprint density at radius 1 is 1.33 bits per heavy atom. The first-order valence-corrected chi connectivity index (χ1v) is 6.84. The maximum Gasteiger partial charge on any atom is 0.406 e. The highest BCUT2D eigenvalue weighted by atomic mass is 79.9. The van der Waals surface area contributed by atoms with Gasteiger partial charge in [-0.15, -0.1) is 0 Å². The summed E-state index contributed by atoms with van der Waals surface area (Å²) in [5.74, 6) is -0.700. The van der Waals surface area contributed by atoms with Crippen molar-refractivity contribution in [1.29, 1.82) is 0 Å². The van der Waals surface area contributed by atoms with Crippen molar-refractivity contribution in [2.24, 2.45) is 0 Å². The molecule has 0 saturated heterocycles. The number of carbonyl (C=O) groups is 1. The lowest BCUT2D eigenvalue weighted by atomic mass is 10.1. The second-order valence-electron chi connectivity index (χ2n) is 4.21. The van der Waals surface area contributed by atoms with E-state index in [9.17, 15) is 14.9 Å². The third kappa shape index (κ3) is 3.63. The molecule has 0 saturated carbocycles. The van der Waals surface area contributed by atoms with Crippen LogP contribution in [0, 0.1) is 10.1 Å². The number of hydrogen-bond acceptors (Lipinski definition) is 5. The van der Waals surface area contributed by atoms with Crippen LogP contribution in [0.5, 0.6) is 5.75 Å². The van der Waals surface area contributed by atoms with Crippen LogP contribution in [-0.4, -0.2) is 21.8 Å². The third-order valence-electron chi connectivity index (χ3n) is 2.73. The number of carbonyl (C=O) groups excluding carboxylic acids is 1. The van der Waals surface area contributed by atoms with Gasteiger partial charge in [0, 0.05) is 10.0 Å². The Labute approximate surface area is 129 Å². The number of nitrogens with zero attached hydrogens (tertiary/aromatic N) is 2. The zero-order chi connectivity index (χ0) is 15.4. The minimum absolute atomic E-state index is 0.0274. The molecule has 0 spiro atoms. The zero-order valence-corrected chi connectivity index (χ0v) is 12.6. The molecule has 1 unspecified atom stereocenters. The van der Waals surface area contributed by atoms with Crippen molar-refractivity contribution in [3.8, 4) is 5.75 Å². The Morgan fingerprint density at radius 2 is 2.00 bits per heavy atom. The van der Waals surface area contributed by atoms with Gasteiger partial charge in [-0.1, -0.05) is 28.1 Å². The molecule has 0 aliphatic rings. The van der Waals surface area contributed by atoms with Crippen LogP contribution in [0.1, 0.15) is 17.3 Å². The zero-order valence-electron chi connectivity index (χ0n) is 11.0. The number of ketones is 1. The van der Waals surface area contributed by atoms with Gasteiger partial charge in [0.2, 0.25) is 11.5 Å². The van der Waals surface area contributed by atoms with E-state index in [1.54, 1.807) is 31.2 Å². The first kappa shape index (κ1) is 15.1. The highest BCUT2D eigenvalue weighted by Gasteiger charge is 2.22. The van der Waals surface area contributed by atoms with E-state index >= 15 is 0 Å². The molecule has 0 aliphatic heterocycles. The van der Waals surface area contributed by atoms with Crippen molar-refractivity contribution in [3.63, 3.8) is 0 Å². The minimum Gasteiger partial charge on any atom is -0.474 e. The summed E-state index contributed by atoms with van der Waals surface area (Å²) < 4.78 is 6.24. The van der Waals surface area contributed by atoms with E-state index in [4.69, 9.17) is 4.74 Å². The normalized spacial score (nSPS) is 11.7. The topological polar surface area (TPSA) is 82.3 Å². The van der Waals surface area contributed by atoms with Gasteiger partial charge in [0.1, 0.15) is 6.20 Å². The highest BCUT2D eigenvalue weighted by Crippen LogP contribution is 2.25. The molecule has 2 aromatic rings. The number of nitro groups is 1. The highest BCUT2D eigenvalue weighted by molar-refractivity contribution is 9.10. The second-order valence-corrected chi connectivity index (χ2v) is 5.13. The molecule has 1 heterocycles. The lowest BCUT2D eigenvalue weighted by molar-refractivity contribution is -0.390. The van der Waals surface area contributed by atoms with Crippen LogP contribution < -0.4 is 4.74 Å². The van der Waals surface area contributed by atoms with Gasteiger partial charge >= 0.3 is 5.82 Å². The third-order valence-corrected chi connectivity index (χ3v) is 3.25. The quantitative estimate of drug-likeness (QED) is 0.468. The van der Waals surface area contributed by atoms with Gasteiger partial charge in [-0.3, -0.25) is 4.79 Å². The molecule has 0 radical (unpaired) electrons. The Kier molecular flexibility index (Phi) is 4.64. The van der Waals surface area contributed by atoms with Gasteiger partial charge in [0.25, 0.3) is 0 Å². The predicted octanol–water partition coefficient (Wildman–Crippen LogP) is 3.40. The van der Waals surface area contributed by atoms with E-state index in [-0.39, 0.29) is 11.5 Å². The van der Waals surface area contributed by atoms with Crippen molar-refractivity contribution in [2.45, 2.75) is 13.0 Å². The van der Waals surface area contributed by atoms with Crippen molar-refractivity contribution in [3.05, 3.63) is 62.7 Å². The summed E-state index contributed by atoms with van der Waals surface area (Å²) in [5, 5.41) is 10.9. The minimum atomic E-state index is -0.853. The van der Waals surface area contributed by atoms with Crippen LogP contribution in [0.4, 0.5) is 5.82 Å². The summed E-state index contributed by atoms with van der Waals surface area (Å²) in [6, 6.07) is 9.72. The molecule has 6 nitrogen and oxygen atoms in total. The van der Waals surface area contributed by atoms with E-state index in [0.717, 1.165) is 4.47 Å². The number of benzene rings is 1. The van der Waals surface area contributed by atoms with E-state index in [1.807, 2.05) is 0 Å². The molecule has 0 bridgehead atoms. The predicted molar refractivity (Wildman–Crippen MR) is 79.5 cm³/mol. The maximum atomic E-state index is 12.2. The Hall–Kier alpha value is -2.28. The molecule has 1 aromatic heterocycles. The summed E-state index contributed by atoms with van der Waals surface area (Å²) >= 11 is 3.29. The molecule has 2 rings (SSSR count). The number of ether oxygens (including phenoxy) is 1. The number of Topliss-reactive ketones (excluding diaryl/α,β-unsaturated/α-hetero) is 1. The average molecular weight is 351 g/mol. The van der Waals surface area contributed by atoms with Crippen LogP contribution in [0.25, 0.3) is 0 Å². The smallest absolute Gasteiger partial charge is 0.406 e. The summed E-state index contributed by atoms with van der Waals surface area (Å²) in [7, 11) is 0. The van der Waals surface area contributed by atoms with Crippen LogP contribution in [0.2, 0.25) is 0 Å². The molecule has 0 fully saturated rings. The standard InChI is InChI=1S/C14H11BrN2O4/c1-9(13(18)10-4-6-11(15)7-5-10)21-12-3-2-8-16-14(12)17(19)20/h2-9H,1H3. The SMILES string of the molecule is CC(Oc1cccnc1[N+](=O)[O-])C(=O)c1ccc(Br)cc1. The molecule has 0 aliphatic carbocycles. The lowest BCUT2D eigenvalue weighted by Crippen LogP contribution is -2.24. The monoisotopic (exact) mass is 350 g/mol. The molecule has 1 aromatic carbocycles. The number of halogens is 1. The molecule has 0 N–H and O–H groups in total. The van der Waals surface area contributed by atoms with Gasteiger partial charge < -0.3 is 14.9 Å². The molecular formula is C14H11BrN2O4. The molecule has 21 heavy (non-hydrogen) atoms. The first-order chi connectivity index (χ1) is 9.99. The number of pyridine rings is 1. The van der Waals surface area contributed by atoms with Crippen LogP contribution >= 0.6 is 15.9 Å². The summed E-state index contributed by atoms with van der Waals surface area (Å²) in [6.45, 7) is 1.54. The van der Waals surface area contributed by atoms with Crippen molar-refractivity contribution in [2.75, 3.05) is 0 Å². The van der Waals surface area contributed by atoms with E-state index in [0.29, 0.717) is 5.56 Å². The second kappa shape index (κ2) is 6.45. The van der Waals surface area contributed by atoms with E-state index in [2.05, 4.69) is 20.9 Å². The number of aromatic nitrogens is 1. The summed E-state index contributed by atoms with van der Waals surface area (Å²) in [5.41, 5.74) is 0.470. The fraction of sp³-hybridized carbons (Fsp3) is 0.143. The lowest BCUT2D eigenvalue weighted by Gasteiger charge is -2.13. The largest absolute Gasteiger partial charge is 0.474 e. The van der Waals surface area contributed by atoms with Crippen molar-refractivity contribution in [1.82, 2.24) is 4.98 Å². The average Bonchev–Trinajstić information content (AvgIpc) is 2.47. The fourth-order valence-corrected chi connectivity index (χ4v) is 1.97. The van der Waals surface area contributed by atoms with Gasteiger partial charge in [-0.2, -0.15) is 0 Å². The number of hydrogen-bond donors (Lipinski definition) is 0. The summed E-state index contributed by atoms with van der Waals surface area (Å²) in [6.07, 6.45) is 0.445. The van der Waals surface area contributed by atoms with E-state index < -0.39 is 16.8 Å². The van der Waals surface area contributed by atoms with Crippen molar-refractivity contribution < 1.29 is 14.5 Å². The van der Waals surface area contributed by atoms with Crippen molar-refractivity contribution >= 4 is 27.5 Å². The van der Waals surface area contributed by atoms with Crippen LogP contribution in [0.15, 0.2) is 47.1 Å². The molecular weight excluding hydrogens is 340 g/mol. The molecule has 7 heteroatoms. The van der Waals surface area contributed by atoms with Gasteiger partial charge in [-0.05, 0) is 41.1 Å². The summed E-state index contributed by atoms with van der Waals surface area (Å²) in [4.78, 5) is 26.1.